The predicted octanol–water partition coefficient (Wildman–Crippen LogP) is 2.94. The van der Waals surface area contributed by atoms with Gasteiger partial charge >= 0.3 is 0 Å². The van der Waals surface area contributed by atoms with Crippen molar-refractivity contribution in [3.05, 3.63) is 0 Å². The summed E-state index contributed by atoms with van der Waals surface area (Å²) in [6, 6.07) is 0. The Hall–Kier alpha value is -0.0400. The first-order chi connectivity index (χ1) is 5.72. The highest BCUT2D eigenvalue weighted by Crippen LogP contribution is 2.41. The van der Waals surface area contributed by atoms with Gasteiger partial charge < -0.3 is 5.73 Å². The third-order valence-corrected chi connectivity index (χ3v) is 3.40. The van der Waals surface area contributed by atoms with E-state index in [9.17, 15) is 0 Å². The second-order valence-electron chi connectivity index (χ2n) is 4.66. The molecule has 0 aromatic carbocycles. The van der Waals surface area contributed by atoms with Gasteiger partial charge in [0, 0.05) is 0 Å². The van der Waals surface area contributed by atoms with Crippen molar-refractivity contribution >= 4 is 0 Å². The lowest BCUT2D eigenvalue weighted by Gasteiger charge is -2.39. The van der Waals surface area contributed by atoms with Gasteiger partial charge in [0.05, 0.1) is 0 Å². The van der Waals surface area contributed by atoms with Crippen molar-refractivity contribution in [1.82, 2.24) is 0 Å². The van der Waals surface area contributed by atoms with Gasteiger partial charge in [0.2, 0.25) is 0 Å². The maximum atomic E-state index is 5.89. The molecule has 0 aliphatic heterocycles. The van der Waals surface area contributed by atoms with Crippen LogP contribution in [0.4, 0.5) is 0 Å². The summed E-state index contributed by atoms with van der Waals surface area (Å²) in [4.78, 5) is 0. The summed E-state index contributed by atoms with van der Waals surface area (Å²) < 4.78 is 0. The number of nitrogens with two attached hydrogens (primary N) is 1. The van der Waals surface area contributed by atoms with Crippen LogP contribution in [-0.4, -0.2) is 6.54 Å². The van der Waals surface area contributed by atoms with E-state index in [2.05, 4.69) is 13.8 Å². The summed E-state index contributed by atoms with van der Waals surface area (Å²) in [5, 5.41) is 0. The van der Waals surface area contributed by atoms with Gasteiger partial charge in [-0.25, -0.2) is 0 Å². The smallest absolute Gasteiger partial charge is 0.00204 e. The molecule has 0 aromatic heterocycles. The molecule has 12 heavy (non-hydrogen) atoms. The first-order valence-corrected chi connectivity index (χ1v) is 5.42. The first kappa shape index (κ1) is 10.0. The maximum Gasteiger partial charge on any atom is -0.00204 e. The summed E-state index contributed by atoms with van der Waals surface area (Å²) in [5.41, 5.74) is 6.41. The number of rotatable bonds is 3. The summed E-state index contributed by atoms with van der Waals surface area (Å²) in [5.74, 6) is 0.911. The van der Waals surface area contributed by atoms with Crippen LogP contribution in [0, 0.1) is 11.3 Å². The molecular formula is C11H23N. The van der Waals surface area contributed by atoms with Crippen molar-refractivity contribution in [2.45, 2.75) is 52.4 Å². The molecule has 0 radical (unpaired) electrons. The molecule has 2 N–H and O–H groups in total. The second-order valence-corrected chi connectivity index (χ2v) is 4.66. The highest BCUT2D eigenvalue weighted by Gasteiger charge is 2.32. The van der Waals surface area contributed by atoms with E-state index in [0.29, 0.717) is 5.41 Å². The van der Waals surface area contributed by atoms with Crippen molar-refractivity contribution in [2.75, 3.05) is 6.54 Å². The van der Waals surface area contributed by atoms with Gasteiger partial charge in [-0.15, -0.1) is 0 Å². The zero-order chi connectivity index (χ0) is 9.03. The predicted molar refractivity (Wildman–Crippen MR) is 54.0 cm³/mol. The third-order valence-electron chi connectivity index (χ3n) is 3.40. The van der Waals surface area contributed by atoms with Crippen LogP contribution in [0.5, 0.6) is 0 Å². The monoisotopic (exact) mass is 169 g/mol. The maximum absolute atomic E-state index is 5.89. The van der Waals surface area contributed by atoms with Crippen molar-refractivity contribution in [3.63, 3.8) is 0 Å². The molecule has 2 unspecified atom stereocenters. The molecule has 1 heteroatoms. The highest BCUT2D eigenvalue weighted by atomic mass is 14.6. The molecule has 1 aliphatic carbocycles. The van der Waals surface area contributed by atoms with E-state index in [1.165, 1.54) is 38.5 Å². The summed E-state index contributed by atoms with van der Waals surface area (Å²) in [6.07, 6.45) is 8.21. The van der Waals surface area contributed by atoms with Crippen LogP contribution in [0.1, 0.15) is 52.4 Å². The van der Waals surface area contributed by atoms with Crippen LogP contribution in [0.15, 0.2) is 0 Å². The Bertz CT molecular complexity index is 129. The molecule has 1 saturated carbocycles. The van der Waals surface area contributed by atoms with E-state index < -0.39 is 0 Å². The average Bonchev–Trinajstić information content (AvgIpc) is 2.05. The Labute approximate surface area is 76.7 Å². The van der Waals surface area contributed by atoms with Gasteiger partial charge in [0.15, 0.2) is 0 Å². The lowest BCUT2D eigenvalue weighted by Crippen LogP contribution is -2.35. The highest BCUT2D eigenvalue weighted by molar-refractivity contribution is 4.85. The molecule has 0 bridgehead atoms. The van der Waals surface area contributed by atoms with Crippen LogP contribution in [0.3, 0.4) is 0 Å². The number of hydrogen-bond acceptors (Lipinski definition) is 1. The van der Waals surface area contributed by atoms with Crippen molar-refractivity contribution in [1.29, 1.82) is 0 Å². The Morgan fingerprint density at radius 1 is 1.50 bits per heavy atom. The lowest BCUT2D eigenvalue weighted by atomic mass is 9.68. The van der Waals surface area contributed by atoms with Crippen LogP contribution in [0.25, 0.3) is 0 Å². The largest absolute Gasteiger partial charge is 0.330 e. The quantitative estimate of drug-likeness (QED) is 0.690. The van der Waals surface area contributed by atoms with E-state index in [-0.39, 0.29) is 0 Å². The van der Waals surface area contributed by atoms with Crippen LogP contribution in [0.2, 0.25) is 0 Å². The van der Waals surface area contributed by atoms with Crippen molar-refractivity contribution in [3.8, 4) is 0 Å². The molecule has 1 nitrogen and oxygen atoms in total. The lowest BCUT2D eigenvalue weighted by molar-refractivity contribution is 0.140. The Balaban J connectivity index is 2.51. The topological polar surface area (TPSA) is 26.0 Å². The minimum atomic E-state index is 0.520. The van der Waals surface area contributed by atoms with E-state index in [1.54, 1.807) is 0 Å². The Kier molecular flexibility index (Phi) is 3.57. The summed E-state index contributed by atoms with van der Waals surface area (Å²) >= 11 is 0. The molecule has 1 fully saturated rings. The zero-order valence-corrected chi connectivity index (χ0v) is 8.60. The van der Waals surface area contributed by atoms with Gasteiger partial charge in [0.25, 0.3) is 0 Å². The van der Waals surface area contributed by atoms with Crippen LogP contribution < -0.4 is 5.73 Å². The average molecular weight is 169 g/mol. The van der Waals surface area contributed by atoms with Gasteiger partial charge in [-0.05, 0) is 37.1 Å². The Morgan fingerprint density at radius 3 is 2.75 bits per heavy atom. The second kappa shape index (κ2) is 4.27. The fraction of sp³-hybridized carbons (Fsp3) is 1.00. The van der Waals surface area contributed by atoms with E-state index in [4.69, 9.17) is 5.73 Å². The first-order valence-electron chi connectivity index (χ1n) is 5.42. The fourth-order valence-corrected chi connectivity index (χ4v) is 2.81. The fourth-order valence-electron chi connectivity index (χ4n) is 2.81. The SMILES string of the molecule is CCCC1(CN)CCCC(C)C1. The molecule has 1 rings (SSSR count). The molecule has 0 heterocycles. The van der Waals surface area contributed by atoms with Crippen molar-refractivity contribution < 1.29 is 0 Å². The minimum absolute atomic E-state index is 0.520. The Morgan fingerprint density at radius 2 is 2.25 bits per heavy atom. The van der Waals surface area contributed by atoms with Crippen molar-refractivity contribution in [2.24, 2.45) is 17.1 Å². The normalized spacial score (nSPS) is 36.8. The van der Waals surface area contributed by atoms with Gasteiger partial charge in [-0.2, -0.15) is 0 Å². The van der Waals surface area contributed by atoms with Crippen LogP contribution in [-0.2, 0) is 0 Å². The molecule has 2 atom stereocenters. The molecule has 0 saturated heterocycles. The zero-order valence-electron chi connectivity index (χ0n) is 8.60. The molecule has 1 aliphatic rings. The van der Waals surface area contributed by atoms with E-state index in [1.807, 2.05) is 0 Å². The molecule has 0 amide bonds. The van der Waals surface area contributed by atoms with E-state index in [0.717, 1.165) is 12.5 Å². The van der Waals surface area contributed by atoms with Gasteiger partial charge in [-0.3, -0.25) is 0 Å². The van der Waals surface area contributed by atoms with E-state index >= 15 is 0 Å². The standard InChI is InChI=1S/C11H23N/c1-3-6-11(9-12)7-4-5-10(2)8-11/h10H,3-9,12H2,1-2H3. The third kappa shape index (κ3) is 2.22. The van der Waals surface area contributed by atoms with Gasteiger partial charge in [0.1, 0.15) is 0 Å². The summed E-state index contributed by atoms with van der Waals surface area (Å²) in [6.45, 7) is 5.56. The summed E-state index contributed by atoms with van der Waals surface area (Å²) in [7, 11) is 0. The molecular weight excluding hydrogens is 146 g/mol. The van der Waals surface area contributed by atoms with Gasteiger partial charge in [-0.1, -0.05) is 33.1 Å². The molecule has 0 aromatic rings. The number of hydrogen-bond donors (Lipinski definition) is 1. The minimum Gasteiger partial charge on any atom is -0.330 e. The van der Waals surface area contributed by atoms with Crippen LogP contribution >= 0.6 is 0 Å². The molecule has 0 spiro atoms. The molecule has 72 valence electrons.